The van der Waals surface area contributed by atoms with E-state index in [1.54, 1.807) is 7.11 Å². The summed E-state index contributed by atoms with van der Waals surface area (Å²) in [6.45, 7) is 8.57. The van der Waals surface area contributed by atoms with E-state index in [1.807, 2.05) is 11.8 Å². The van der Waals surface area contributed by atoms with Crippen molar-refractivity contribution in [3.63, 3.8) is 0 Å². The molecule has 126 valence electrons. The molecule has 0 aliphatic carbocycles. The zero-order chi connectivity index (χ0) is 15.5. The van der Waals surface area contributed by atoms with Gasteiger partial charge in [0.15, 0.2) is 5.96 Å². The number of nitrogens with one attached hydrogen (secondary N) is 2. The predicted octanol–water partition coefficient (Wildman–Crippen LogP) is 3.30. The first-order chi connectivity index (χ1) is 10.2. The van der Waals surface area contributed by atoms with Crippen LogP contribution < -0.4 is 10.6 Å². The van der Waals surface area contributed by atoms with Gasteiger partial charge in [0, 0.05) is 30.3 Å². The van der Waals surface area contributed by atoms with Gasteiger partial charge in [-0.15, -0.1) is 35.7 Å². The summed E-state index contributed by atoms with van der Waals surface area (Å²) < 4.78 is 5.13. The van der Waals surface area contributed by atoms with E-state index in [-0.39, 0.29) is 30.0 Å². The molecule has 0 radical (unpaired) electrons. The maximum atomic E-state index is 5.13. The quantitative estimate of drug-likeness (QED) is 0.216. The summed E-state index contributed by atoms with van der Waals surface area (Å²) in [7, 11) is 1.71. The predicted molar refractivity (Wildman–Crippen MR) is 108 cm³/mol. The van der Waals surface area contributed by atoms with Gasteiger partial charge in [-0.1, -0.05) is 17.7 Å². The summed E-state index contributed by atoms with van der Waals surface area (Å²) in [5, 5.41) is 6.58. The molecule has 0 fully saturated rings. The second-order valence-electron chi connectivity index (χ2n) is 4.92. The number of hydrogen-bond acceptors (Lipinski definition) is 3. The maximum absolute atomic E-state index is 5.13. The van der Waals surface area contributed by atoms with Crippen LogP contribution in [0.4, 0.5) is 0 Å². The fourth-order valence-corrected chi connectivity index (χ4v) is 2.55. The third-order valence-electron chi connectivity index (χ3n) is 2.79. The standard InChI is InChI=1S/C16H27N3OS.HI/c1-5-17-16(19-14(3)12-20-4)18-10-11-21-15-8-6-13(2)7-9-15;/h6-9,14H,5,10-12H2,1-4H3,(H2,17,18,19);1H. The number of methoxy groups -OCH3 is 1. The first kappa shape index (κ1) is 21.5. The summed E-state index contributed by atoms with van der Waals surface area (Å²) in [4.78, 5) is 5.88. The van der Waals surface area contributed by atoms with E-state index in [4.69, 9.17) is 4.74 Å². The van der Waals surface area contributed by atoms with E-state index in [2.05, 4.69) is 60.7 Å². The highest BCUT2D eigenvalue weighted by molar-refractivity contribution is 14.0. The fourth-order valence-electron chi connectivity index (χ4n) is 1.80. The molecule has 1 unspecified atom stereocenters. The molecule has 0 bridgehead atoms. The highest BCUT2D eigenvalue weighted by Gasteiger charge is 2.03. The topological polar surface area (TPSA) is 45.7 Å². The lowest BCUT2D eigenvalue weighted by atomic mass is 10.2. The molecule has 0 saturated heterocycles. The normalized spacial score (nSPS) is 12.5. The van der Waals surface area contributed by atoms with Crippen LogP contribution >= 0.6 is 35.7 Å². The highest BCUT2D eigenvalue weighted by Crippen LogP contribution is 2.17. The molecular formula is C16H28IN3OS. The molecule has 0 amide bonds. The van der Waals surface area contributed by atoms with Crippen LogP contribution in [0.3, 0.4) is 0 Å². The van der Waals surface area contributed by atoms with Gasteiger partial charge in [0.05, 0.1) is 13.2 Å². The van der Waals surface area contributed by atoms with Crippen molar-refractivity contribution in [2.45, 2.75) is 31.7 Å². The first-order valence-corrected chi connectivity index (χ1v) is 8.37. The summed E-state index contributed by atoms with van der Waals surface area (Å²) in [5.74, 6) is 1.82. The van der Waals surface area contributed by atoms with Crippen LogP contribution in [0.1, 0.15) is 19.4 Å². The SMILES string of the molecule is CCNC(=NCCSc1ccc(C)cc1)NC(C)COC.I. The number of ether oxygens (including phenoxy) is 1. The molecule has 0 saturated carbocycles. The van der Waals surface area contributed by atoms with Crippen molar-refractivity contribution in [3.8, 4) is 0 Å². The van der Waals surface area contributed by atoms with Gasteiger partial charge in [0.2, 0.25) is 0 Å². The highest BCUT2D eigenvalue weighted by atomic mass is 127. The Balaban J connectivity index is 0.00000441. The molecule has 2 N–H and O–H groups in total. The molecule has 0 heterocycles. The number of guanidine groups is 1. The molecule has 0 aliphatic heterocycles. The van der Waals surface area contributed by atoms with E-state index < -0.39 is 0 Å². The van der Waals surface area contributed by atoms with Gasteiger partial charge in [0.25, 0.3) is 0 Å². The number of halogens is 1. The van der Waals surface area contributed by atoms with Crippen LogP contribution in [0.15, 0.2) is 34.2 Å². The van der Waals surface area contributed by atoms with Gasteiger partial charge in [0.1, 0.15) is 0 Å². The molecule has 0 aromatic heterocycles. The van der Waals surface area contributed by atoms with Crippen molar-refractivity contribution in [2.24, 2.45) is 4.99 Å². The largest absolute Gasteiger partial charge is 0.383 e. The average Bonchev–Trinajstić information content (AvgIpc) is 2.46. The number of rotatable bonds is 8. The molecule has 22 heavy (non-hydrogen) atoms. The number of aryl methyl sites for hydroxylation is 1. The lowest BCUT2D eigenvalue weighted by Gasteiger charge is -2.16. The van der Waals surface area contributed by atoms with Gasteiger partial charge >= 0.3 is 0 Å². The third kappa shape index (κ3) is 9.53. The lowest BCUT2D eigenvalue weighted by molar-refractivity contribution is 0.179. The number of nitrogens with zero attached hydrogens (tertiary/aromatic N) is 1. The Bertz CT molecular complexity index is 426. The van der Waals surface area contributed by atoms with Gasteiger partial charge in [-0.3, -0.25) is 4.99 Å². The monoisotopic (exact) mass is 437 g/mol. The van der Waals surface area contributed by atoms with Crippen LogP contribution in [0.25, 0.3) is 0 Å². The van der Waals surface area contributed by atoms with Gasteiger partial charge in [-0.2, -0.15) is 0 Å². The summed E-state index contributed by atoms with van der Waals surface area (Å²) in [6, 6.07) is 8.85. The molecule has 1 aromatic rings. The van der Waals surface area contributed by atoms with Gasteiger partial charge in [-0.05, 0) is 32.9 Å². The minimum Gasteiger partial charge on any atom is -0.383 e. The zero-order valence-corrected chi connectivity index (χ0v) is 17.0. The Kier molecular flexibility index (Phi) is 12.7. The number of hydrogen-bond donors (Lipinski definition) is 2. The molecule has 1 rings (SSSR count). The van der Waals surface area contributed by atoms with Crippen LogP contribution in [0.5, 0.6) is 0 Å². The minimum atomic E-state index is 0. The van der Waals surface area contributed by atoms with Crippen molar-refractivity contribution in [3.05, 3.63) is 29.8 Å². The van der Waals surface area contributed by atoms with Crippen LogP contribution in [-0.2, 0) is 4.74 Å². The van der Waals surface area contributed by atoms with Crippen molar-refractivity contribution < 1.29 is 4.74 Å². The average molecular weight is 437 g/mol. The zero-order valence-electron chi connectivity index (χ0n) is 13.9. The summed E-state index contributed by atoms with van der Waals surface area (Å²) in [5.41, 5.74) is 1.29. The molecule has 6 heteroatoms. The molecular weight excluding hydrogens is 409 g/mol. The van der Waals surface area contributed by atoms with E-state index in [9.17, 15) is 0 Å². The lowest BCUT2D eigenvalue weighted by Crippen LogP contribution is -2.44. The molecule has 0 aliphatic rings. The fraction of sp³-hybridized carbons (Fsp3) is 0.562. The summed E-state index contributed by atoms with van der Waals surface area (Å²) in [6.07, 6.45) is 0. The van der Waals surface area contributed by atoms with Crippen molar-refractivity contribution >= 4 is 41.7 Å². The second-order valence-corrected chi connectivity index (χ2v) is 6.09. The van der Waals surface area contributed by atoms with Crippen molar-refractivity contribution in [2.75, 3.05) is 32.6 Å². The van der Waals surface area contributed by atoms with Crippen LogP contribution in [0.2, 0.25) is 0 Å². The van der Waals surface area contributed by atoms with Crippen LogP contribution in [-0.4, -0.2) is 44.6 Å². The van der Waals surface area contributed by atoms with E-state index in [0.29, 0.717) is 6.61 Å². The number of thioether (sulfide) groups is 1. The Morgan fingerprint density at radius 2 is 2.00 bits per heavy atom. The molecule has 0 spiro atoms. The third-order valence-corrected chi connectivity index (χ3v) is 3.79. The Morgan fingerprint density at radius 1 is 1.32 bits per heavy atom. The molecule has 4 nitrogen and oxygen atoms in total. The number of benzene rings is 1. The van der Waals surface area contributed by atoms with Crippen molar-refractivity contribution in [1.82, 2.24) is 10.6 Å². The van der Waals surface area contributed by atoms with E-state index in [0.717, 1.165) is 24.8 Å². The van der Waals surface area contributed by atoms with Crippen LogP contribution in [0, 0.1) is 6.92 Å². The van der Waals surface area contributed by atoms with E-state index >= 15 is 0 Å². The van der Waals surface area contributed by atoms with Crippen molar-refractivity contribution in [1.29, 1.82) is 0 Å². The first-order valence-electron chi connectivity index (χ1n) is 7.39. The smallest absolute Gasteiger partial charge is 0.191 e. The second kappa shape index (κ2) is 13.0. The maximum Gasteiger partial charge on any atom is 0.191 e. The van der Waals surface area contributed by atoms with E-state index in [1.165, 1.54) is 10.5 Å². The summed E-state index contributed by atoms with van der Waals surface area (Å²) >= 11 is 1.83. The Labute approximate surface area is 155 Å². The number of aliphatic imine (C=N–C) groups is 1. The Hall–Kier alpha value is -0.470. The van der Waals surface area contributed by atoms with Gasteiger partial charge < -0.3 is 15.4 Å². The molecule has 1 aromatic carbocycles. The minimum absolute atomic E-state index is 0. The van der Waals surface area contributed by atoms with Gasteiger partial charge in [-0.25, -0.2) is 0 Å². The molecule has 1 atom stereocenters. The Morgan fingerprint density at radius 3 is 2.59 bits per heavy atom.